The summed E-state index contributed by atoms with van der Waals surface area (Å²) in [4.78, 5) is 14.5. The lowest BCUT2D eigenvalue weighted by atomic mass is 10.1. The summed E-state index contributed by atoms with van der Waals surface area (Å²) in [6.07, 6.45) is -4.57. The maximum Gasteiger partial charge on any atom is 0.240 e. The van der Waals surface area contributed by atoms with E-state index < -0.39 is 34.4 Å². The van der Waals surface area contributed by atoms with Crippen molar-refractivity contribution in [2.24, 2.45) is 0 Å². The van der Waals surface area contributed by atoms with E-state index in [0.29, 0.717) is 26.3 Å². The van der Waals surface area contributed by atoms with Gasteiger partial charge in [0, 0.05) is 32.7 Å². The van der Waals surface area contributed by atoms with Crippen molar-refractivity contribution in [3.05, 3.63) is 29.8 Å². The van der Waals surface area contributed by atoms with Crippen molar-refractivity contribution >= 4 is 15.9 Å². The first-order chi connectivity index (χ1) is 14.8. The molecule has 1 aromatic carbocycles. The number of rotatable bonds is 9. The topological polar surface area (TPSA) is 137 Å². The number of morpholine rings is 1. The molecule has 4 N–H and O–H groups in total. The van der Waals surface area contributed by atoms with Crippen LogP contribution in [0.3, 0.4) is 0 Å². The Balaban J connectivity index is 1.44. The first kappa shape index (κ1) is 24.1. The highest BCUT2D eigenvalue weighted by atomic mass is 32.2. The summed E-state index contributed by atoms with van der Waals surface area (Å²) in [5.41, 5.74) is 0.933. The summed E-state index contributed by atoms with van der Waals surface area (Å²) in [7, 11) is -3.78. The van der Waals surface area contributed by atoms with Crippen LogP contribution in [0.15, 0.2) is 29.2 Å². The third-order valence-electron chi connectivity index (χ3n) is 5.51. The minimum Gasteiger partial charge on any atom is -0.388 e. The SMILES string of the molecule is Cc1ccc(S(=O)(=O)NC[C@@H]2O[C@@H](CC(=O)NCCN3CCOCC3)[C@H](O)[C@@H]2O)cc1. The second-order valence-corrected chi connectivity index (χ2v) is 9.63. The molecule has 0 bridgehead atoms. The molecule has 0 unspecified atom stereocenters. The predicted molar refractivity (Wildman–Crippen MR) is 112 cm³/mol. The van der Waals surface area contributed by atoms with Gasteiger partial charge in [-0.2, -0.15) is 0 Å². The summed E-state index contributed by atoms with van der Waals surface area (Å²) >= 11 is 0. The average molecular weight is 458 g/mol. The van der Waals surface area contributed by atoms with Crippen molar-refractivity contribution in [1.82, 2.24) is 14.9 Å². The Hall–Kier alpha value is -1.60. The molecule has 1 aromatic rings. The number of hydrogen-bond donors (Lipinski definition) is 4. The van der Waals surface area contributed by atoms with Gasteiger partial charge in [-0.1, -0.05) is 17.7 Å². The van der Waals surface area contributed by atoms with Gasteiger partial charge in [0.1, 0.15) is 18.3 Å². The third-order valence-corrected chi connectivity index (χ3v) is 6.95. The Morgan fingerprint density at radius 1 is 1.13 bits per heavy atom. The van der Waals surface area contributed by atoms with Gasteiger partial charge in [0.15, 0.2) is 0 Å². The van der Waals surface area contributed by atoms with E-state index >= 15 is 0 Å². The van der Waals surface area contributed by atoms with Crippen LogP contribution in [0.5, 0.6) is 0 Å². The van der Waals surface area contributed by atoms with Crippen molar-refractivity contribution in [2.45, 2.75) is 42.7 Å². The number of carbonyl (C=O) groups excluding carboxylic acids is 1. The highest BCUT2D eigenvalue weighted by molar-refractivity contribution is 7.89. The minimum absolute atomic E-state index is 0.0994. The standard InChI is InChI=1S/C20H31N3O7S/c1-14-2-4-15(5-3-14)31(27,28)22-13-17-20(26)19(25)16(30-17)12-18(24)21-6-7-23-8-10-29-11-9-23/h2-5,16-17,19-20,22,25-26H,6-13H2,1H3,(H,21,24)/t16-,17-,19-,20+/m0/s1. The Labute approximate surface area is 182 Å². The molecule has 174 valence electrons. The fraction of sp³-hybridized carbons (Fsp3) is 0.650. The van der Waals surface area contributed by atoms with Gasteiger partial charge in [0.05, 0.1) is 30.6 Å². The van der Waals surface area contributed by atoms with Gasteiger partial charge in [-0.3, -0.25) is 9.69 Å². The number of hydrogen-bond acceptors (Lipinski definition) is 8. The van der Waals surface area contributed by atoms with Crippen LogP contribution in [0, 0.1) is 6.92 Å². The number of nitrogens with one attached hydrogen (secondary N) is 2. The first-order valence-corrected chi connectivity index (χ1v) is 11.9. The van der Waals surface area contributed by atoms with E-state index in [9.17, 15) is 23.4 Å². The van der Waals surface area contributed by atoms with Gasteiger partial charge >= 0.3 is 0 Å². The molecule has 2 fully saturated rings. The fourth-order valence-corrected chi connectivity index (χ4v) is 4.63. The molecule has 0 radical (unpaired) electrons. The van der Waals surface area contributed by atoms with Gasteiger partial charge < -0.3 is 25.0 Å². The lowest BCUT2D eigenvalue weighted by Gasteiger charge is -2.26. The zero-order valence-corrected chi connectivity index (χ0v) is 18.4. The predicted octanol–water partition coefficient (Wildman–Crippen LogP) is -1.40. The van der Waals surface area contributed by atoms with Gasteiger partial charge in [0.2, 0.25) is 15.9 Å². The van der Waals surface area contributed by atoms with Crippen molar-refractivity contribution in [3.8, 4) is 0 Å². The van der Waals surface area contributed by atoms with Crippen molar-refractivity contribution in [2.75, 3.05) is 45.9 Å². The van der Waals surface area contributed by atoms with Gasteiger partial charge in [-0.25, -0.2) is 13.1 Å². The number of aliphatic hydroxyl groups is 2. The zero-order chi connectivity index (χ0) is 22.4. The molecule has 1 amide bonds. The molecule has 11 heteroatoms. The molecular weight excluding hydrogens is 426 g/mol. The molecule has 2 saturated heterocycles. The summed E-state index contributed by atoms with van der Waals surface area (Å²) in [6, 6.07) is 6.35. The number of carbonyl (C=O) groups is 1. The lowest BCUT2D eigenvalue weighted by Crippen LogP contribution is -2.42. The molecule has 0 aliphatic carbocycles. The molecule has 3 rings (SSSR count). The van der Waals surface area contributed by atoms with E-state index in [4.69, 9.17) is 9.47 Å². The van der Waals surface area contributed by atoms with Crippen LogP contribution in [-0.2, 0) is 24.3 Å². The number of amides is 1. The zero-order valence-electron chi connectivity index (χ0n) is 17.6. The molecular formula is C20H31N3O7S. The normalized spacial score (nSPS) is 27.3. The Bertz CT molecular complexity index is 828. The number of benzene rings is 1. The van der Waals surface area contributed by atoms with E-state index in [1.54, 1.807) is 12.1 Å². The summed E-state index contributed by atoms with van der Waals surface area (Å²) in [5.74, 6) is -0.301. The number of aliphatic hydroxyl groups excluding tert-OH is 2. The van der Waals surface area contributed by atoms with Crippen LogP contribution in [0.1, 0.15) is 12.0 Å². The van der Waals surface area contributed by atoms with E-state index in [2.05, 4.69) is 14.9 Å². The highest BCUT2D eigenvalue weighted by Gasteiger charge is 2.43. The van der Waals surface area contributed by atoms with Crippen LogP contribution in [0.25, 0.3) is 0 Å². The smallest absolute Gasteiger partial charge is 0.240 e. The van der Waals surface area contributed by atoms with Crippen molar-refractivity contribution in [3.63, 3.8) is 0 Å². The summed E-state index contributed by atoms with van der Waals surface area (Å²) in [5, 5.41) is 23.2. The Kier molecular flexibility index (Phi) is 8.39. The average Bonchev–Trinajstić information content (AvgIpc) is 3.01. The van der Waals surface area contributed by atoms with Crippen LogP contribution in [0.4, 0.5) is 0 Å². The van der Waals surface area contributed by atoms with Crippen LogP contribution in [0.2, 0.25) is 0 Å². The molecule has 2 aliphatic rings. The van der Waals surface area contributed by atoms with E-state index in [1.807, 2.05) is 6.92 Å². The molecule has 0 spiro atoms. The van der Waals surface area contributed by atoms with Crippen LogP contribution >= 0.6 is 0 Å². The maximum atomic E-state index is 12.4. The second-order valence-electron chi connectivity index (χ2n) is 7.87. The molecule has 0 aromatic heterocycles. The van der Waals surface area contributed by atoms with E-state index in [1.165, 1.54) is 12.1 Å². The lowest BCUT2D eigenvalue weighted by molar-refractivity contribution is -0.125. The number of nitrogens with zero attached hydrogens (tertiary/aromatic N) is 1. The summed E-state index contributed by atoms with van der Waals surface area (Å²) < 4.78 is 38.1. The highest BCUT2D eigenvalue weighted by Crippen LogP contribution is 2.24. The molecule has 2 heterocycles. The van der Waals surface area contributed by atoms with E-state index in [-0.39, 0.29) is 23.8 Å². The minimum atomic E-state index is -3.78. The quantitative estimate of drug-likeness (QED) is 0.355. The molecule has 2 aliphatic heterocycles. The molecule has 0 saturated carbocycles. The third kappa shape index (κ3) is 6.69. The first-order valence-electron chi connectivity index (χ1n) is 10.4. The monoisotopic (exact) mass is 457 g/mol. The Morgan fingerprint density at radius 2 is 1.77 bits per heavy atom. The summed E-state index contributed by atoms with van der Waals surface area (Å²) in [6.45, 7) is 5.82. The number of sulfonamides is 1. The maximum absolute atomic E-state index is 12.4. The fourth-order valence-electron chi connectivity index (χ4n) is 3.59. The van der Waals surface area contributed by atoms with Crippen LogP contribution in [-0.4, -0.2) is 99.8 Å². The van der Waals surface area contributed by atoms with Gasteiger partial charge in [-0.15, -0.1) is 0 Å². The second kappa shape index (κ2) is 10.8. The van der Waals surface area contributed by atoms with Crippen molar-refractivity contribution < 1.29 is 32.9 Å². The van der Waals surface area contributed by atoms with E-state index in [0.717, 1.165) is 18.7 Å². The van der Waals surface area contributed by atoms with Gasteiger partial charge in [0.25, 0.3) is 0 Å². The van der Waals surface area contributed by atoms with Crippen molar-refractivity contribution in [1.29, 1.82) is 0 Å². The van der Waals surface area contributed by atoms with Crippen LogP contribution < -0.4 is 10.0 Å². The number of aryl methyl sites for hydroxylation is 1. The van der Waals surface area contributed by atoms with Gasteiger partial charge in [-0.05, 0) is 19.1 Å². The Morgan fingerprint density at radius 3 is 2.45 bits per heavy atom. The largest absolute Gasteiger partial charge is 0.388 e. The molecule has 10 nitrogen and oxygen atoms in total. The number of ether oxygens (including phenoxy) is 2. The molecule has 4 atom stereocenters. The molecule has 31 heavy (non-hydrogen) atoms.